The number of aromatic nitrogens is 1. The van der Waals surface area contributed by atoms with Crippen molar-refractivity contribution in [2.24, 2.45) is 5.92 Å². The predicted molar refractivity (Wildman–Crippen MR) is 102 cm³/mol. The van der Waals surface area contributed by atoms with Crippen LogP contribution in [0.2, 0.25) is 0 Å². The summed E-state index contributed by atoms with van der Waals surface area (Å²) in [4.78, 5) is 26.3. The van der Waals surface area contributed by atoms with Gasteiger partial charge in [0.1, 0.15) is 5.56 Å². The highest BCUT2D eigenvalue weighted by Gasteiger charge is 2.31. The number of piperidine rings is 1. The van der Waals surface area contributed by atoms with Gasteiger partial charge in [-0.3, -0.25) is 4.79 Å². The van der Waals surface area contributed by atoms with Gasteiger partial charge in [0.25, 0.3) is 0 Å². The van der Waals surface area contributed by atoms with Crippen molar-refractivity contribution in [3.05, 3.63) is 39.7 Å². The summed E-state index contributed by atoms with van der Waals surface area (Å²) < 4.78 is 1.95. The normalized spacial score (nSPS) is 23.0. The summed E-state index contributed by atoms with van der Waals surface area (Å²) in [5.74, 6) is -1.40. The molecule has 2 fully saturated rings. The fraction of sp³-hybridized carbons (Fsp3) is 0.500. The van der Waals surface area contributed by atoms with Gasteiger partial charge in [0.2, 0.25) is 5.43 Å². The predicted octanol–water partition coefficient (Wildman–Crippen LogP) is 1.52. The molecule has 0 bridgehead atoms. The first-order valence-corrected chi connectivity index (χ1v) is 9.38. The van der Waals surface area contributed by atoms with Crippen molar-refractivity contribution < 1.29 is 20.1 Å². The Bertz CT molecular complexity index is 963. The Hall–Kier alpha value is -2.38. The lowest BCUT2D eigenvalue weighted by Gasteiger charge is -2.37. The van der Waals surface area contributed by atoms with E-state index in [-0.39, 0.29) is 24.1 Å². The van der Waals surface area contributed by atoms with Gasteiger partial charge in [-0.1, -0.05) is 0 Å². The Morgan fingerprint density at radius 3 is 2.63 bits per heavy atom. The van der Waals surface area contributed by atoms with Crippen LogP contribution in [0, 0.1) is 12.8 Å². The Balaban J connectivity index is 1.87. The fourth-order valence-corrected chi connectivity index (χ4v) is 4.17. The van der Waals surface area contributed by atoms with Crippen LogP contribution in [0.4, 0.5) is 5.69 Å². The topological polar surface area (TPSA) is 103 Å². The Labute approximate surface area is 156 Å². The van der Waals surface area contributed by atoms with Gasteiger partial charge >= 0.3 is 5.97 Å². The molecule has 3 N–H and O–H groups in total. The van der Waals surface area contributed by atoms with Crippen LogP contribution in [0.1, 0.15) is 41.2 Å². The quantitative estimate of drug-likeness (QED) is 0.752. The molecule has 0 radical (unpaired) electrons. The largest absolute Gasteiger partial charge is 0.477 e. The number of hydrogen-bond acceptors (Lipinski definition) is 5. The highest BCUT2D eigenvalue weighted by molar-refractivity contribution is 5.95. The first kappa shape index (κ1) is 18.0. The minimum absolute atomic E-state index is 0.0704. The van der Waals surface area contributed by atoms with Crippen LogP contribution in [-0.4, -0.2) is 51.7 Å². The van der Waals surface area contributed by atoms with Gasteiger partial charge < -0.3 is 24.8 Å². The van der Waals surface area contributed by atoms with Gasteiger partial charge in [-0.2, -0.15) is 0 Å². The Morgan fingerprint density at radius 2 is 2.00 bits per heavy atom. The number of benzene rings is 1. The fourth-order valence-electron chi connectivity index (χ4n) is 4.17. The molecule has 0 spiro atoms. The molecule has 144 valence electrons. The van der Waals surface area contributed by atoms with Gasteiger partial charge in [0.15, 0.2) is 0 Å². The van der Waals surface area contributed by atoms with E-state index in [9.17, 15) is 24.9 Å². The van der Waals surface area contributed by atoms with Gasteiger partial charge in [-0.15, -0.1) is 0 Å². The molecule has 2 aromatic rings. The van der Waals surface area contributed by atoms with E-state index in [0.717, 1.165) is 29.6 Å². The Kier molecular flexibility index (Phi) is 4.44. The van der Waals surface area contributed by atoms with E-state index in [2.05, 4.69) is 4.90 Å². The summed E-state index contributed by atoms with van der Waals surface area (Å²) in [6.07, 6.45) is 3.51. The number of aliphatic hydroxyl groups excluding tert-OH is 2. The van der Waals surface area contributed by atoms with E-state index in [1.54, 1.807) is 6.07 Å². The van der Waals surface area contributed by atoms with Crippen LogP contribution >= 0.6 is 0 Å². The van der Waals surface area contributed by atoms with E-state index in [1.165, 1.54) is 6.20 Å². The number of aryl methyl sites for hydroxylation is 1. The zero-order chi connectivity index (χ0) is 19.3. The SMILES string of the molecule is Cc1c(N2CCC(O)C(CO)C2)ccc2c(=O)c(C(=O)O)cn(C3CC3)c12. The number of carbonyl (C=O) groups is 1. The third-order valence-corrected chi connectivity index (χ3v) is 5.86. The van der Waals surface area contributed by atoms with Gasteiger partial charge in [-0.25, -0.2) is 4.79 Å². The van der Waals surface area contributed by atoms with Crippen LogP contribution in [-0.2, 0) is 0 Å². The van der Waals surface area contributed by atoms with Crippen molar-refractivity contribution in [2.75, 3.05) is 24.6 Å². The average molecular weight is 372 g/mol. The summed E-state index contributed by atoms with van der Waals surface area (Å²) in [6, 6.07) is 3.80. The number of pyridine rings is 1. The Morgan fingerprint density at radius 1 is 1.26 bits per heavy atom. The number of aliphatic hydroxyl groups is 2. The van der Waals surface area contributed by atoms with E-state index in [4.69, 9.17) is 0 Å². The monoisotopic (exact) mass is 372 g/mol. The number of fused-ring (bicyclic) bond motifs is 1. The standard InChI is InChI=1S/C20H24N2O5/c1-11-16(21-7-6-17(24)12(8-21)10-23)5-4-14-18(11)22(13-2-3-13)9-15(19(14)25)20(26)27/h4-5,9,12-13,17,23-24H,2-3,6-8,10H2,1H3,(H,26,27). The van der Waals surface area contributed by atoms with Crippen LogP contribution in [0.3, 0.4) is 0 Å². The molecule has 2 atom stereocenters. The van der Waals surface area contributed by atoms with Gasteiger partial charge in [-0.05, 0) is 43.9 Å². The van der Waals surface area contributed by atoms with E-state index in [0.29, 0.717) is 24.9 Å². The number of nitrogens with zero attached hydrogens (tertiary/aromatic N) is 2. The van der Waals surface area contributed by atoms with Crippen molar-refractivity contribution in [1.82, 2.24) is 4.57 Å². The number of rotatable bonds is 4. The molecule has 2 unspecified atom stereocenters. The smallest absolute Gasteiger partial charge is 0.341 e. The zero-order valence-corrected chi connectivity index (χ0v) is 15.3. The second-order valence-corrected chi connectivity index (χ2v) is 7.67. The molecule has 1 saturated carbocycles. The summed E-state index contributed by atoms with van der Waals surface area (Å²) >= 11 is 0. The summed E-state index contributed by atoms with van der Waals surface area (Å²) in [5, 5.41) is 29.4. The van der Waals surface area contributed by atoms with Crippen LogP contribution in [0.15, 0.2) is 23.1 Å². The summed E-state index contributed by atoms with van der Waals surface area (Å²) in [6.45, 7) is 3.10. The number of carboxylic acid groups (broad SMARTS) is 1. The lowest BCUT2D eigenvalue weighted by Crippen LogP contribution is -2.45. The molecule has 7 nitrogen and oxygen atoms in total. The van der Waals surface area contributed by atoms with Crippen molar-refractivity contribution in [3.63, 3.8) is 0 Å². The molecule has 2 heterocycles. The third kappa shape index (κ3) is 3.00. The minimum atomic E-state index is -1.20. The lowest BCUT2D eigenvalue weighted by atomic mass is 9.94. The second kappa shape index (κ2) is 6.65. The highest BCUT2D eigenvalue weighted by atomic mass is 16.4. The molecule has 7 heteroatoms. The van der Waals surface area contributed by atoms with Crippen molar-refractivity contribution >= 4 is 22.6 Å². The maximum absolute atomic E-state index is 12.7. The van der Waals surface area contributed by atoms with Crippen molar-refractivity contribution in [3.8, 4) is 0 Å². The number of carboxylic acids is 1. The number of anilines is 1. The van der Waals surface area contributed by atoms with E-state index < -0.39 is 17.5 Å². The van der Waals surface area contributed by atoms with E-state index in [1.807, 2.05) is 17.6 Å². The van der Waals surface area contributed by atoms with Gasteiger partial charge in [0, 0.05) is 42.3 Å². The molecule has 1 saturated heterocycles. The molecule has 2 aliphatic rings. The van der Waals surface area contributed by atoms with Gasteiger partial charge in [0.05, 0.1) is 18.2 Å². The van der Waals surface area contributed by atoms with Crippen LogP contribution in [0.5, 0.6) is 0 Å². The molecule has 0 amide bonds. The average Bonchev–Trinajstić information content (AvgIpc) is 3.48. The van der Waals surface area contributed by atoms with Crippen molar-refractivity contribution in [2.45, 2.75) is 38.3 Å². The molecule has 4 rings (SSSR count). The maximum Gasteiger partial charge on any atom is 0.341 e. The minimum Gasteiger partial charge on any atom is -0.477 e. The first-order chi connectivity index (χ1) is 12.9. The molecule has 1 aromatic heterocycles. The second-order valence-electron chi connectivity index (χ2n) is 7.67. The number of aromatic carboxylic acids is 1. The summed E-state index contributed by atoms with van der Waals surface area (Å²) in [7, 11) is 0. The molecular weight excluding hydrogens is 348 g/mol. The molecule has 1 aliphatic carbocycles. The number of hydrogen-bond donors (Lipinski definition) is 3. The third-order valence-electron chi connectivity index (χ3n) is 5.86. The van der Waals surface area contributed by atoms with Crippen LogP contribution in [0.25, 0.3) is 10.9 Å². The summed E-state index contributed by atoms with van der Waals surface area (Å²) in [5.41, 5.74) is 2.04. The van der Waals surface area contributed by atoms with Crippen LogP contribution < -0.4 is 10.3 Å². The molecule has 27 heavy (non-hydrogen) atoms. The van der Waals surface area contributed by atoms with E-state index >= 15 is 0 Å². The zero-order valence-electron chi connectivity index (χ0n) is 15.3. The highest BCUT2D eigenvalue weighted by Crippen LogP contribution is 2.39. The molecule has 1 aromatic carbocycles. The first-order valence-electron chi connectivity index (χ1n) is 9.38. The lowest BCUT2D eigenvalue weighted by molar-refractivity contribution is 0.0525. The molecule has 1 aliphatic heterocycles. The van der Waals surface area contributed by atoms with Crippen molar-refractivity contribution in [1.29, 1.82) is 0 Å². The molecular formula is C20H24N2O5. The maximum atomic E-state index is 12.7.